The Morgan fingerprint density at radius 3 is 2.73 bits per heavy atom. The zero-order valence-corrected chi connectivity index (χ0v) is 20.3. The number of fused-ring (bicyclic) bond motifs is 5. The summed E-state index contributed by atoms with van der Waals surface area (Å²) in [7, 11) is 1.96. The average Bonchev–Trinajstić information content (AvgIpc) is 3.14. The van der Waals surface area contributed by atoms with Crippen molar-refractivity contribution in [3.8, 4) is 6.07 Å². The maximum atomic E-state index is 13.4. The molecular weight excluding hydrogens is 410 g/mol. The fourth-order valence-electron chi connectivity index (χ4n) is 8.44. The van der Waals surface area contributed by atoms with E-state index in [9.17, 15) is 14.9 Å². The van der Waals surface area contributed by atoms with Gasteiger partial charge in [0.05, 0.1) is 11.6 Å². The number of hydrogen-bond donors (Lipinski definition) is 1. The van der Waals surface area contributed by atoms with Crippen molar-refractivity contribution in [3.05, 3.63) is 41.1 Å². The summed E-state index contributed by atoms with van der Waals surface area (Å²) in [5.74, 6) is 2.06. The molecule has 0 aromatic heterocycles. The fourth-order valence-corrected chi connectivity index (χ4v) is 8.44. The Labute approximate surface area is 197 Å². The molecule has 3 aliphatic carbocycles. The van der Waals surface area contributed by atoms with E-state index >= 15 is 0 Å². The summed E-state index contributed by atoms with van der Waals surface area (Å²) in [4.78, 5) is 27.8. The number of allylic oxidation sites excluding steroid dienone is 2. The molecule has 5 heteroatoms. The Kier molecular flexibility index (Phi) is 5.19. The van der Waals surface area contributed by atoms with Crippen molar-refractivity contribution >= 4 is 17.5 Å². The molecule has 1 N–H and O–H groups in total. The first kappa shape index (κ1) is 22.2. The lowest BCUT2D eigenvalue weighted by atomic mass is 9.48. The summed E-state index contributed by atoms with van der Waals surface area (Å²) in [6.45, 7) is 6.98. The molecule has 2 amide bonds. The summed E-state index contributed by atoms with van der Waals surface area (Å²) >= 11 is 0. The second-order valence-corrected chi connectivity index (χ2v) is 11.4. The van der Waals surface area contributed by atoms with Gasteiger partial charge < -0.3 is 10.2 Å². The van der Waals surface area contributed by atoms with Crippen molar-refractivity contribution in [2.45, 2.75) is 65.7 Å². The molecule has 0 radical (unpaired) electrons. The largest absolute Gasteiger partial charge is 0.326 e. The quantitative estimate of drug-likeness (QED) is 0.654. The highest BCUT2D eigenvalue weighted by molar-refractivity contribution is 5.93. The molecule has 6 atom stereocenters. The maximum absolute atomic E-state index is 13.4. The second-order valence-electron chi connectivity index (χ2n) is 11.4. The van der Waals surface area contributed by atoms with Gasteiger partial charge in [0.25, 0.3) is 0 Å². The average molecular weight is 446 g/mol. The third-order valence-electron chi connectivity index (χ3n) is 9.89. The summed E-state index contributed by atoms with van der Waals surface area (Å²) in [5, 5.41) is 12.3. The minimum absolute atomic E-state index is 0.00260. The fraction of sp³-hybridized carbons (Fsp3) is 0.607. The molecule has 1 aromatic rings. The van der Waals surface area contributed by atoms with Crippen LogP contribution in [0.5, 0.6) is 0 Å². The summed E-state index contributed by atoms with van der Waals surface area (Å²) < 4.78 is 0. The number of nitrogens with one attached hydrogen (secondary N) is 1. The van der Waals surface area contributed by atoms with Gasteiger partial charge >= 0.3 is 0 Å². The Bertz CT molecular complexity index is 1080. The number of nitriles is 1. The van der Waals surface area contributed by atoms with Crippen LogP contribution < -0.4 is 5.32 Å². The van der Waals surface area contributed by atoms with Gasteiger partial charge in [-0.1, -0.05) is 25.5 Å². The van der Waals surface area contributed by atoms with Gasteiger partial charge in [0.2, 0.25) is 11.8 Å². The Balaban J connectivity index is 1.41. The number of likely N-dealkylation sites (tertiary alicyclic amines) is 1. The lowest BCUT2D eigenvalue weighted by Gasteiger charge is -2.59. The molecule has 33 heavy (non-hydrogen) atoms. The van der Waals surface area contributed by atoms with Crippen molar-refractivity contribution in [3.63, 3.8) is 0 Å². The summed E-state index contributed by atoms with van der Waals surface area (Å²) in [5.41, 5.74) is 4.00. The van der Waals surface area contributed by atoms with Crippen LogP contribution in [-0.4, -0.2) is 23.8 Å². The van der Waals surface area contributed by atoms with E-state index in [0.717, 1.165) is 38.5 Å². The van der Waals surface area contributed by atoms with Crippen LogP contribution in [-0.2, 0) is 9.59 Å². The SMILES string of the molecule is CC1=C2N(C)C(=O)CC[C@]2(C)C2CC[C@]3(C)[C@@H](C(=O)Nc4cccc(C#N)c4)CC[C@H]3C2C1. The lowest BCUT2D eigenvalue weighted by molar-refractivity contribution is -0.137. The number of rotatable bonds is 2. The van der Waals surface area contributed by atoms with Crippen molar-refractivity contribution in [2.75, 3.05) is 12.4 Å². The highest BCUT2D eigenvalue weighted by Crippen LogP contribution is 2.66. The predicted octanol–water partition coefficient (Wildman–Crippen LogP) is 5.49. The zero-order valence-electron chi connectivity index (χ0n) is 20.3. The van der Waals surface area contributed by atoms with Crippen LogP contribution in [0.2, 0.25) is 0 Å². The lowest BCUT2D eigenvalue weighted by Crippen LogP contribution is -2.54. The Morgan fingerprint density at radius 2 is 1.97 bits per heavy atom. The monoisotopic (exact) mass is 445 g/mol. The van der Waals surface area contributed by atoms with E-state index in [2.05, 4.69) is 32.2 Å². The molecule has 4 aliphatic rings. The number of anilines is 1. The molecule has 5 rings (SSSR count). The van der Waals surface area contributed by atoms with Crippen LogP contribution >= 0.6 is 0 Å². The summed E-state index contributed by atoms with van der Waals surface area (Å²) in [6, 6.07) is 9.34. The number of benzene rings is 1. The number of amides is 2. The third kappa shape index (κ3) is 3.25. The molecular formula is C28H35N3O2. The zero-order chi connectivity index (χ0) is 23.5. The molecule has 5 nitrogen and oxygen atoms in total. The van der Waals surface area contributed by atoms with Gasteiger partial charge in [-0.25, -0.2) is 0 Å². The first-order valence-corrected chi connectivity index (χ1v) is 12.5. The van der Waals surface area contributed by atoms with Crippen LogP contribution in [0.3, 0.4) is 0 Å². The minimum Gasteiger partial charge on any atom is -0.326 e. The van der Waals surface area contributed by atoms with E-state index in [1.54, 1.807) is 12.1 Å². The number of carbonyl (C=O) groups is 2. The molecule has 2 saturated carbocycles. The molecule has 1 aromatic carbocycles. The first-order chi connectivity index (χ1) is 15.7. The van der Waals surface area contributed by atoms with E-state index < -0.39 is 0 Å². The smallest absolute Gasteiger partial charge is 0.228 e. The number of nitrogens with zero attached hydrogens (tertiary/aromatic N) is 2. The molecule has 0 bridgehead atoms. The van der Waals surface area contributed by atoms with Gasteiger partial charge in [-0.05, 0) is 86.8 Å². The maximum Gasteiger partial charge on any atom is 0.228 e. The van der Waals surface area contributed by atoms with Crippen LogP contribution in [0.25, 0.3) is 0 Å². The molecule has 1 aliphatic heterocycles. The van der Waals surface area contributed by atoms with Crippen LogP contribution in [0, 0.1) is 45.8 Å². The van der Waals surface area contributed by atoms with Crippen LogP contribution in [0.4, 0.5) is 5.69 Å². The summed E-state index contributed by atoms with van der Waals surface area (Å²) in [6.07, 6.45) is 6.86. The number of hydrogen-bond acceptors (Lipinski definition) is 3. The predicted molar refractivity (Wildman–Crippen MR) is 128 cm³/mol. The standard InChI is InChI=1S/C28H35N3O2/c1-17-14-20-21-8-9-23(26(33)30-19-7-5-6-18(15-19)16-29)27(21,2)12-10-22(20)28(3)13-11-24(32)31(4)25(17)28/h5-7,15,20-23H,8-14H2,1-4H3,(H,30,33)/t20?,21-,22?,23+,27-,28+/m0/s1. The molecule has 1 heterocycles. The molecule has 174 valence electrons. The highest BCUT2D eigenvalue weighted by atomic mass is 16.2. The van der Waals surface area contributed by atoms with Crippen LogP contribution in [0.1, 0.15) is 71.3 Å². The first-order valence-electron chi connectivity index (χ1n) is 12.5. The van der Waals surface area contributed by atoms with Crippen molar-refractivity contribution in [1.29, 1.82) is 5.26 Å². The normalized spacial score (nSPS) is 37.7. The van der Waals surface area contributed by atoms with Crippen LogP contribution in [0.15, 0.2) is 35.5 Å². The topological polar surface area (TPSA) is 73.2 Å². The molecule has 3 fully saturated rings. The number of piperidine rings is 1. The van der Waals surface area contributed by atoms with E-state index in [0.29, 0.717) is 35.4 Å². The highest BCUT2D eigenvalue weighted by Gasteiger charge is 2.61. The van der Waals surface area contributed by atoms with Gasteiger partial charge in [-0.3, -0.25) is 9.59 Å². The molecule has 0 spiro atoms. The van der Waals surface area contributed by atoms with E-state index in [1.165, 1.54) is 11.3 Å². The van der Waals surface area contributed by atoms with Crippen molar-refractivity contribution < 1.29 is 9.59 Å². The van der Waals surface area contributed by atoms with E-state index in [4.69, 9.17) is 0 Å². The van der Waals surface area contributed by atoms with E-state index in [-0.39, 0.29) is 28.6 Å². The van der Waals surface area contributed by atoms with Gasteiger partial charge in [0.1, 0.15) is 0 Å². The third-order valence-corrected chi connectivity index (χ3v) is 9.89. The van der Waals surface area contributed by atoms with E-state index in [1.807, 2.05) is 24.1 Å². The minimum atomic E-state index is 0.00260. The van der Waals surface area contributed by atoms with Crippen molar-refractivity contribution in [2.24, 2.45) is 34.5 Å². The van der Waals surface area contributed by atoms with Crippen molar-refractivity contribution in [1.82, 2.24) is 4.90 Å². The van der Waals surface area contributed by atoms with Gasteiger partial charge in [-0.15, -0.1) is 0 Å². The van der Waals surface area contributed by atoms with Gasteiger partial charge in [0, 0.05) is 36.2 Å². The Morgan fingerprint density at radius 1 is 1.18 bits per heavy atom. The Hall–Kier alpha value is -2.61. The number of carbonyl (C=O) groups excluding carboxylic acids is 2. The van der Waals surface area contributed by atoms with Gasteiger partial charge in [-0.2, -0.15) is 5.26 Å². The van der Waals surface area contributed by atoms with Gasteiger partial charge in [0.15, 0.2) is 0 Å². The molecule has 1 saturated heterocycles. The second kappa shape index (κ2) is 7.72. The molecule has 2 unspecified atom stereocenters.